The van der Waals surface area contributed by atoms with Gasteiger partial charge in [0.15, 0.2) is 5.16 Å². The number of aryl methyl sites for hydroxylation is 1. The molecule has 20 heavy (non-hydrogen) atoms. The van der Waals surface area contributed by atoms with E-state index in [9.17, 15) is 4.79 Å². The lowest BCUT2D eigenvalue weighted by Gasteiger charge is -2.13. The Morgan fingerprint density at radius 1 is 1.35 bits per heavy atom. The van der Waals surface area contributed by atoms with Gasteiger partial charge in [-0.05, 0) is 26.3 Å². The minimum atomic E-state index is -0.175. The summed E-state index contributed by atoms with van der Waals surface area (Å²) in [6.45, 7) is 5.97. The molecule has 1 unspecified atom stereocenters. The normalized spacial score (nSPS) is 12.8. The summed E-state index contributed by atoms with van der Waals surface area (Å²) in [6.07, 6.45) is 0. The van der Waals surface area contributed by atoms with Crippen LogP contribution < -0.4 is 11.4 Å². The summed E-state index contributed by atoms with van der Waals surface area (Å²) in [4.78, 5) is 11.6. The average molecular weight is 292 g/mol. The van der Waals surface area contributed by atoms with Crippen LogP contribution in [0.15, 0.2) is 34.2 Å². The summed E-state index contributed by atoms with van der Waals surface area (Å²) in [5, 5.41) is 7.22. The van der Waals surface area contributed by atoms with Crippen LogP contribution in [0.3, 0.4) is 0 Å². The van der Waals surface area contributed by atoms with E-state index in [4.69, 9.17) is 5.73 Å². The van der Waals surface area contributed by atoms with Gasteiger partial charge in [-0.2, -0.15) is 0 Å². The molecule has 2 rings (SSSR count). The van der Waals surface area contributed by atoms with Crippen LogP contribution in [-0.4, -0.2) is 20.5 Å². The summed E-state index contributed by atoms with van der Waals surface area (Å²) < 4.78 is 1.65. The Labute approximate surface area is 122 Å². The van der Waals surface area contributed by atoms with E-state index < -0.39 is 0 Å². The maximum Gasteiger partial charge on any atom is 0.344 e. The van der Waals surface area contributed by atoms with Gasteiger partial charge in [-0.25, -0.2) is 9.89 Å². The molecule has 0 aliphatic carbocycles. The Hall–Kier alpha value is -1.53. The van der Waals surface area contributed by atoms with Gasteiger partial charge in [0.1, 0.15) is 0 Å². The third-order valence-electron chi connectivity index (χ3n) is 3.09. The third-order valence-corrected chi connectivity index (χ3v) is 4.16. The van der Waals surface area contributed by atoms with Gasteiger partial charge in [-0.1, -0.05) is 41.6 Å². The van der Waals surface area contributed by atoms with Crippen LogP contribution in [0.5, 0.6) is 0 Å². The number of nitrogens with zero attached hydrogens (tertiary/aromatic N) is 2. The lowest BCUT2D eigenvalue weighted by Crippen LogP contribution is -2.20. The minimum Gasteiger partial charge on any atom is -0.323 e. The molecule has 2 aromatic rings. The van der Waals surface area contributed by atoms with E-state index >= 15 is 0 Å². The Morgan fingerprint density at radius 2 is 2.00 bits per heavy atom. The average Bonchev–Trinajstić information content (AvgIpc) is 2.78. The number of benzene rings is 1. The molecule has 1 heterocycles. The number of aromatic amines is 1. The van der Waals surface area contributed by atoms with Crippen LogP contribution in [-0.2, 0) is 0 Å². The van der Waals surface area contributed by atoms with Crippen molar-refractivity contribution in [3.63, 3.8) is 0 Å². The van der Waals surface area contributed by atoms with Gasteiger partial charge in [-0.3, -0.25) is 4.57 Å². The van der Waals surface area contributed by atoms with Gasteiger partial charge >= 0.3 is 5.69 Å². The van der Waals surface area contributed by atoms with Crippen molar-refractivity contribution in [3.05, 3.63) is 45.9 Å². The lowest BCUT2D eigenvalue weighted by molar-refractivity contribution is 0.533. The quantitative estimate of drug-likeness (QED) is 0.829. The number of hydrogen-bond donors (Lipinski definition) is 2. The molecule has 0 saturated heterocycles. The van der Waals surface area contributed by atoms with Gasteiger partial charge in [0, 0.05) is 17.8 Å². The maximum atomic E-state index is 11.6. The second-order valence-electron chi connectivity index (χ2n) is 5.10. The molecule has 0 saturated carbocycles. The van der Waals surface area contributed by atoms with Crippen molar-refractivity contribution >= 4 is 11.8 Å². The predicted octanol–water partition coefficient (Wildman–Crippen LogP) is 2.25. The molecule has 3 N–H and O–H groups in total. The molecular weight excluding hydrogens is 272 g/mol. The highest BCUT2D eigenvalue weighted by atomic mass is 32.2. The van der Waals surface area contributed by atoms with E-state index in [-0.39, 0.29) is 17.8 Å². The van der Waals surface area contributed by atoms with Crippen LogP contribution >= 0.6 is 11.8 Å². The fourth-order valence-electron chi connectivity index (χ4n) is 1.92. The topological polar surface area (TPSA) is 76.7 Å². The van der Waals surface area contributed by atoms with Crippen molar-refractivity contribution in [2.24, 2.45) is 5.73 Å². The first-order chi connectivity index (χ1) is 9.49. The molecule has 1 aromatic heterocycles. The van der Waals surface area contributed by atoms with E-state index in [0.29, 0.717) is 10.9 Å². The minimum absolute atomic E-state index is 0.0759. The number of thioether (sulfide) groups is 1. The van der Waals surface area contributed by atoms with Crippen LogP contribution in [0.4, 0.5) is 0 Å². The van der Waals surface area contributed by atoms with Crippen molar-refractivity contribution in [2.75, 3.05) is 5.75 Å². The van der Waals surface area contributed by atoms with Crippen molar-refractivity contribution in [1.29, 1.82) is 0 Å². The highest BCUT2D eigenvalue weighted by Gasteiger charge is 2.14. The summed E-state index contributed by atoms with van der Waals surface area (Å²) in [5.74, 6) is 0.681. The maximum absolute atomic E-state index is 11.6. The molecule has 108 valence electrons. The summed E-state index contributed by atoms with van der Waals surface area (Å²) >= 11 is 1.50. The number of hydrogen-bond acceptors (Lipinski definition) is 4. The molecular formula is C14H20N4OS. The Kier molecular flexibility index (Phi) is 4.67. The summed E-state index contributed by atoms with van der Waals surface area (Å²) in [7, 11) is 0. The van der Waals surface area contributed by atoms with Gasteiger partial charge in [0.05, 0.1) is 0 Å². The van der Waals surface area contributed by atoms with Gasteiger partial charge < -0.3 is 5.73 Å². The van der Waals surface area contributed by atoms with E-state index in [1.54, 1.807) is 4.57 Å². The summed E-state index contributed by atoms with van der Waals surface area (Å²) in [5.41, 5.74) is 8.32. The first-order valence-corrected chi connectivity index (χ1v) is 7.59. The van der Waals surface area contributed by atoms with Crippen molar-refractivity contribution in [1.82, 2.24) is 14.8 Å². The zero-order valence-corrected chi connectivity index (χ0v) is 12.8. The van der Waals surface area contributed by atoms with Gasteiger partial charge in [0.25, 0.3) is 0 Å². The van der Waals surface area contributed by atoms with Gasteiger partial charge in [-0.15, -0.1) is 5.10 Å². The zero-order chi connectivity index (χ0) is 14.7. The monoisotopic (exact) mass is 292 g/mol. The third kappa shape index (κ3) is 3.32. The second-order valence-corrected chi connectivity index (χ2v) is 6.09. The molecule has 0 radical (unpaired) electrons. The fraction of sp³-hybridized carbons (Fsp3) is 0.429. The standard InChI is InChI=1S/C14H20N4OS/c1-9(2)18-13(19)16-17-14(18)20-8-12(15)11-6-4-10(3)5-7-11/h4-7,9,12H,8,15H2,1-3H3,(H,16,19). The number of H-pyrrole nitrogens is 1. The van der Waals surface area contributed by atoms with Crippen molar-refractivity contribution < 1.29 is 0 Å². The molecule has 0 bridgehead atoms. The molecule has 0 spiro atoms. The van der Waals surface area contributed by atoms with Crippen LogP contribution in [0.2, 0.25) is 0 Å². The fourth-order valence-corrected chi connectivity index (χ4v) is 2.99. The van der Waals surface area contributed by atoms with Crippen LogP contribution in [0, 0.1) is 6.92 Å². The highest BCUT2D eigenvalue weighted by molar-refractivity contribution is 7.99. The molecule has 0 aliphatic heterocycles. The molecule has 1 atom stereocenters. The van der Waals surface area contributed by atoms with E-state index in [1.807, 2.05) is 26.0 Å². The number of aromatic nitrogens is 3. The lowest BCUT2D eigenvalue weighted by atomic mass is 10.1. The SMILES string of the molecule is Cc1ccc(C(N)CSc2n[nH]c(=O)n2C(C)C)cc1. The van der Waals surface area contributed by atoms with Gasteiger partial charge in [0.2, 0.25) is 0 Å². The first-order valence-electron chi connectivity index (χ1n) is 6.61. The first kappa shape index (κ1) is 14.9. The number of rotatable bonds is 5. The smallest absolute Gasteiger partial charge is 0.323 e. The van der Waals surface area contributed by atoms with E-state index in [2.05, 4.69) is 29.3 Å². The zero-order valence-electron chi connectivity index (χ0n) is 12.0. The Balaban J connectivity index is 2.05. The highest BCUT2D eigenvalue weighted by Crippen LogP contribution is 2.22. The molecule has 5 nitrogen and oxygen atoms in total. The Bertz CT molecular complexity index is 615. The predicted molar refractivity (Wildman–Crippen MR) is 82.1 cm³/mol. The van der Waals surface area contributed by atoms with E-state index in [0.717, 1.165) is 5.56 Å². The largest absolute Gasteiger partial charge is 0.344 e. The number of nitrogens with two attached hydrogens (primary N) is 1. The second kappa shape index (κ2) is 6.28. The number of nitrogens with one attached hydrogen (secondary N) is 1. The Morgan fingerprint density at radius 3 is 2.60 bits per heavy atom. The van der Waals surface area contributed by atoms with Crippen LogP contribution in [0.1, 0.15) is 37.1 Å². The summed E-state index contributed by atoms with van der Waals surface area (Å²) in [6, 6.07) is 8.20. The van der Waals surface area contributed by atoms with E-state index in [1.165, 1.54) is 17.3 Å². The molecule has 6 heteroatoms. The van der Waals surface area contributed by atoms with Crippen molar-refractivity contribution in [2.45, 2.75) is 38.0 Å². The molecule has 0 fully saturated rings. The molecule has 0 amide bonds. The van der Waals surface area contributed by atoms with Crippen LogP contribution in [0.25, 0.3) is 0 Å². The molecule has 0 aliphatic rings. The molecule has 1 aromatic carbocycles. The van der Waals surface area contributed by atoms with Crippen molar-refractivity contribution in [3.8, 4) is 0 Å².